The van der Waals surface area contributed by atoms with Gasteiger partial charge in [0.05, 0.1) is 0 Å². The normalized spacial score (nSPS) is 25.5. The number of carbonyl (C=O) groups is 1. The van der Waals surface area contributed by atoms with Gasteiger partial charge in [-0.25, -0.2) is 8.78 Å². The van der Waals surface area contributed by atoms with Crippen LogP contribution in [0.3, 0.4) is 0 Å². The van der Waals surface area contributed by atoms with Crippen molar-refractivity contribution in [3.05, 3.63) is 35.4 Å². The first-order chi connectivity index (χ1) is 8.86. The summed E-state index contributed by atoms with van der Waals surface area (Å²) >= 11 is 10.9. The van der Waals surface area contributed by atoms with E-state index in [4.69, 9.17) is 23.2 Å². The van der Waals surface area contributed by atoms with Gasteiger partial charge in [-0.2, -0.15) is 0 Å². The van der Waals surface area contributed by atoms with E-state index >= 15 is 0 Å². The molecule has 1 aliphatic carbocycles. The maximum absolute atomic E-state index is 13.8. The minimum atomic E-state index is -1.15. The number of alkyl halides is 2. The Kier molecular flexibility index (Phi) is 4.02. The molecular formula is C13H13Cl2F2NO. The number of halogens is 4. The van der Waals surface area contributed by atoms with Crippen molar-refractivity contribution in [2.24, 2.45) is 5.92 Å². The highest BCUT2D eigenvalue weighted by Crippen LogP contribution is 2.54. The Hall–Kier alpha value is -0.870. The van der Waals surface area contributed by atoms with Gasteiger partial charge in [0.15, 0.2) is 4.84 Å². The molecule has 0 heterocycles. The number of amides is 1. The summed E-state index contributed by atoms with van der Waals surface area (Å²) in [4.78, 5) is 10.2. The van der Waals surface area contributed by atoms with Crippen LogP contribution in [0, 0.1) is 17.6 Å². The standard InChI is InChI=1S/C13H13Cl2F2NO/c1-7-5-13(7,6-18-12(19)11(14)15)9-3-2-8(16)4-10(9)17/h2-4,7,11H,5-6H2,1H3,(H,18,19). The Bertz CT molecular complexity index is 509. The molecule has 2 atom stereocenters. The van der Waals surface area contributed by atoms with Gasteiger partial charge in [0.2, 0.25) is 0 Å². The second-order valence-corrected chi connectivity index (χ2v) is 6.00. The minimum absolute atomic E-state index is 0.205. The molecule has 1 aromatic carbocycles. The Labute approximate surface area is 120 Å². The fourth-order valence-electron chi connectivity index (χ4n) is 2.42. The Balaban J connectivity index is 2.17. The van der Waals surface area contributed by atoms with E-state index in [-0.39, 0.29) is 12.5 Å². The zero-order valence-corrected chi connectivity index (χ0v) is 11.7. The molecule has 0 bridgehead atoms. The molecule has 104 valence electrons. The first-order valence-corrected chi connectivity index (χ1v) is 6.75. The molecule has 19 heavy (non-hydrogen) atoms. The molecule has 2 nitrogen and oxygen atoms in total. The van der Waals surface area contributed by atoms with E-state index in [1.165, 1.54) is 12.1 Å². The molecule has 1 saturated carbocycles. The smallest absolute Gasteiger partial charge is 0.253 e. The molecule has 0 saturated heterocycles. The van der Waals surface area contributed by atoms with Crippen molar-refractivity contribution in [2.75, 3.05) is 6.54 Å². The van der Waals surface area contributed by atoms with Crippen molar-refractivity contribution in [3.8, 4) is 0 Å². The SMILES string of the molecule is CC1CC1(CNC(=O)C(Cl)Cl)c1ccc(F)cc1F. The van der Waals surface area contributed by atoms with Gasteiger partial charge in [0.25, 0.3) is 5.91 Å². The summed E-state index contributed by atoms with van der Waals surface area (Å²) < 4.78 is 26.8. The summed E-state index contributed by atoms with van der Waals surface area (Å²) in [6, 6.07) is 3.51. The quantitative estimate of drug-likeness (QED) is 0.851. The van der Waals surface area contributed by atoms with E-state index in [1.54, 1.807) is 0 Å². The molecule has 0 spiro atoms. The van der Waals surface area contributed by atoms with Gasteiger partial charge in [-0.3, -0.25) is 4.79 Å². The van der Waals surface area contributed by atoms with Crippen LogP contribution in [-0.2, 0) is 10.2 Å². The summed E-state index contributed by atoms with van der Waals surface area (Å²) in [5.74, 6) is -1.51. The lowest BCUT2D eigenvalue weighted by Gasteiger charge is -2.19. The molecule has 6 heteroatoms. The predicted octanol–water partition coefficient (Wildman–Crippen LogP) is 3.16. The van der Waals surface area contributed by atoms with E-state index in [1.807, 2.05) is 6.92 Å². The van der Waals surface area contributed by atoms with Crippen LogP contribution in [0.5, 0.6) is 0 Å². The van der Waals surface area contributed by atoms with Crippen LogP contribution in [0.2, 0.25) is 0 Å². The minimum Gasteiger partial charge on any atom is -0.353 e. The summed E-state index contributed by atoms with van der Waals surface area (Å²) in [7, 11) is 0. The monoisotopic (exact) mass is 307 g/mol. The van der Waals surface area contributed by atoms with Crippen molar-refractivity contribution < 1.29 is 13.6 Å². The molecule has 1 aliphatic rings. The summed E-state index contributed by atoms with van der Waals surface area (Å²) in [5, 5.41) is 2.59. The third kappa shape index (κ3) is 2.84. The van der Waals surface area contributed by atoms with Crippen LogP contribution in [-0.4, -0.2) is 17.3 Å². The fraction of sp³-hybridized carbons (Fsp3) is 0.462. The van der Waals surface area contributed by atoms with E-state index < -0.39 is 27.8 Å². The third-order valence-electron chi connectivity index (χ3n) is 3.70. The summed E-state index contributed by atoms with van der Waals surface area (Å²) in [6.45, 7) is 2.19. The molecule has 0 aliphatic heterocycles. The molecule has 2 unspecified atom stereocenters. The van der Waals surface area contributed by atoms with Crippen molar-refractivity contribution in [3.63, 3.8) is 0 Å². The van der Waals surface area contributed by atoms with Crippen LogP contribution in [0.15, 0.2) is 18.2 Å². The molecule has 0 aromatic heterocycles. The Morgan fingerprint density at radius 3 is 2.63 bits per heavy atom. The molecule has 1 fully saturated rings. The topological polar surface area (TPSA) is 29.1 Å². The highest BCUT2D eigenvalue weighted by molar-refractivity contribution is 6.53. The van der Waals surface area contributed by atoms with Gasteiger partial charge in [0, 0.05) is 18.0 Å². The average Bonchev–Trinajstić information content (AvgIpc) is 2.97. The van der Waals surface area contributed by atoms with Crippen LogP contribution in [0.25, 0.3) is 0 Å². The van der Waals surface area contributed by atoms with E-state index in [9.17, 15) is 13.6 Å². The first kappa shape index (κ1) is 14.5. The molecule has 1 aromatic rings. The van der Waals surface area contributed by atoms with Crippen molar-refractivity contribution >= 4 is 29.1 Å². The van der Waals surface area contributed by atoms with Crippen molar-refractivity contribution in [1.82, 2.24) is 5.32 Å². The lowest BCUT2D eigenvalue weighted by atomic mass is 9.92. The summed E-state index contributed by atoms with van der Waals surface area (Å²) in [5.41, 5.74) is -0.0711. The second-order valence-electron chi connectivity index (χ2n) is 4.90. The molecule has 2 rings (SSSR count). The van der Waals surface area contributed by atoms with Crippen molar-refractivity contribution in [2.45, 2.75) is 23.6 Å². The average molecular weight is 308 g/mol. The molecule has 1 amide bonds. The number of hydrogen-bond donors (Lipinski definition) is 1. The number of nitrogens with one attached hydrogen (secondary N) is 1. The Morgan fingerprint density at radius 2 is 2.16 bits per heavy atom. The summed E-state index contributed by atoms with van der Waals surface area (Å²) in [6.07, 6.45) is 0.727. The lowest BCUT2D eigenvalue weighted by molar-refractivity contribution is -0.119. The number of carbonyl (C=O) groups excluding carboxylic acids is 1. The van der Waals surface area contributed by atoms with Crippen LogP contribution >= 0.6 is 23.2 Å². The number of rotatable bonds is 4. The maximum atomic E-state index is 13.8. The highest BCUT2D eigenvalue weighted by atomic mass is 35.5. The number of hydrogen-bond acceptors (Lipinski definition) is 1. The lowest BCUT2D eigenvalue weighted by Crippen LogP contribution is -2.36. The fourth-order valence-corrected chi connectivity index (χ4v) is 2.57. The zero-order valence-electron chi connectivity index (χ0n) is 10.2. The van der Waals surface area contributed by atoms with Gasteiger partial charge < -0.3 is 5.32 Å². The van der Waals surface area contributed by atoms with Crippen LogP contribution in [0.4, 0.5) is 8.78 Å². The first-order valence-electron chi connectivity index (χ1n) is 5.88. The molecular weight excluding hydrogens is 295 g/mol. The third-order valence-corrected chi connectivity index (χ3v) is 4.09. The van der Waals surface area contributed by atoms with Crippen LogP contribution in [0.1, 0.15) is 18.9 Å². The highest BCUT2D eigenvalue weighted by Gasteiger charge is 2.53. The van der Waals surface area contributed by atoms with E-state index in [2.05, 4.69) is 5.32 Å². The van der Waals surface area contributed by atoms with E-state index in [0.29, 0.717) is 5.56 Å². The Morgan fingerprint density at radius 1 is 1.53 bits per heavy atom. The van der Waals surface area contributed by atoms with Gasteiger partial charge in [-0.05, 0) is 24.0 Å². The maximum Gasteiger partial charge on any atom is 0.253 e. The number of benzene rings is 1. The molecule has 1 N–H and O–H groups in total. The van der Waals surface area contributed by atoms with Crippen molar-refractivity contribution in [1.29, 1.82) is 0 Å². The predicted molar refractivity (Wildman–Crippen MR) is 70.3 cm³/mol. The largest absolute Gasteiger partial charge is 0.353 e. The van der Waals surface area contributed by atoms with Gasteiger partial charge in [0.1, 0.15) is 11.6 Å². The van der Waals surface area contributed by atoms with Gasteiger partial charge in [-0.15, -0.1) is 0 Å². The van der Waals surface area contributed by atoms with E-state index in [0.717, 1.165) is 12.5 Å². The van der Waals surface area contributed by atoms with Gasteiger partial charge >= 0.3 is 0 Å². The molecule has 0 radical (unpaired) electrons. The van der Waals surface area contributed by atoms with Crippen LogP contribution < -0.4 is 5.32 Å². The zero-order chi connectivity index (χ0) is 14.2. The van der Waals surface area contributed by atoms with Gasteiger partial charge in [-0.1, -0.05) is 36.2 Å². The second kappa shape index (κ2) is 5.25.